The van der Waals surface area contributed by atoms with Crippen molar-refractivity contribution >= 4 is 5.97 Å². The zero-order chi connectivity index (χ0) is 14.1. The van der Waals surface area contributed by atoms with Crippen LogP contribution >= 0.6 is 0 Å². The fraction of sp³-hybridized carbons (Fsp3) is 0.533. The van der Waals surface area contributed by atoms with E-state index >= 15 is 0 Å². The Hall–Kier alpha value is -1.39. The van der Waals surface area contributed by atoms with Crippen LogP contribution in [0.3, 0.4) is 0 Å². The Kier molecular flexibility index (Phi) is 6.53. The van der Waals surface area contributed by atoms with E-state index in [1.54, 1.807) is 7.11 Å². The highest BCUT2D eigenvalue weighted by Gasteiger charge is 2.39. The molecule has 0 heterocycles. The number of ether oxygens (including phenoxy) is 2. The number of carbonyl (C=O) groups is 1. The average Bonchev–Trinajstić information content (AvgIpc) is 2.46. The van der Waals surface area contributed by atoms with Gasteiger partial charge in [0.25, 0.3) is 0 Å². The number of methoxy groups -OCH3 is 2. The zero-order valence-electron chi connectivity index (χ0n) is 11.9. The number of hydrogen-bond donors (Lipinski definition) is 1. The summed E-state index contributed by atoms with van der Waals surface area (Å²) in [7, 11) is 3.07. The van der Waals surface area contributed by atoms with Gasteiger partial charge in [0.2, 0.25) is 0 Å². The maximum absolute atomic E-state index is 12.3. The third kappa shape index (κ3) is 3.78. The maximum atomic E-state index is 12.3. The second-order valence-corrected chi connectivity index (χ2v) is 4.43. The summed E-state index contributed by atoms with van der Waals surface area (Å²) in [6.07, 6.45) is 1.57. The fourth-order valence-electron chi connectivity index (χ4n) is 2.27. The lowest BCUT2D eigenvalue weighted by Crippen LogP contribution is -2.51. The Morgan fingerprint density at radius 2 is 1.95 bits per heavy atom. The number of rotatable bonds is 8. The van der Waals surface area contributed by atoms with E-state index in [1.807, 2.05) is 30.3 Å². The molecule has 0 spiro atoms. The molecule has 19 heavy (non-hydrogen) atoms. The van der Waals surface area contributed by atoms with Crippen molar-refractivity contribution in [2.24, 2.45) is 0 Å². The monoisotopic (exact) mass is 265 g/mol. The average molecular weight is 265 g/mol. The molecule has 106 valence electrons. The van der Waals surface area contributed by atoms with Gasteiger partial charge < -0.3 is 9.47 Å². The van der Waals surface area contributed by atoms with Crippen LogP contribution in [-0.4, -0.2) is 33.3 Å². The summed E-state index contributed by atoms with van der Waals surface area (Å²) in [5.74, 6) is -0.253. The van der Waals surface area contributed by atoms with Crippen LogP contribution in [0.5, 0.6) is 0 Å². The Bertz CT molecular complexity index is 380. The molecule has 1 rings (SSSR count). The van der Waals surface area contributed by atoms with E-state index in [1.165, 1.54) is 7.11 Å². The Balaban J connectivity index is 3.07. The van der Waals surface area contributed by atoms with Crippen LogP contribution in [0.25, 0.3) is 0 Å². The molecule has 0 amide bonds. The first kappa shape index (κ1) is 15.7. The topological polar surface area (TPSA) is 47.6 Å². The molecule has 1 aromatic rings. The SMILES string of the molecule is CCCC(NCCOC)(C(=O)OC)c1ccccc1. The summed E-state index contributed by atoms with van der Waals surface area (Å²) < 4.78 is 10.1. The third-order valence-electron chi connectivity index (χ3n) is 3.16. The van der Waals surface area contributed by atoms with Gasteiger partial charge in [-0.1, -0.05) is 43.7 Å². The van der Waals surface area contributed by atoms with E-state index in [-0.39, 0.29) is 5.97 Å². The molecule has 0 fully saturated rings. The van der Waals surface area contributed by atoms with Crippen molar-refractivity contribution in [3.63, 3.8) is 0 Å². The Morgan fingerprint density at radius 1 is 1.26 bits per heavy atom. The minimum Gasteiger partial charge on any atom is -0.467 e. The van der Waals surface area contributed by atoms with Crippen LogP contribution in [0.15, 0.2) is 30.3 Å². The molecule has 4 nitrogen and oxygen atoms in total. The summed E-state index contributed by atoms with van der Waals surface area (Å²) >= 11 is 0. The van der Waals surface area contributed by atoms with Gasteiger partial charge in [-0.3, -0.25) is 5.32 Å². The highest BCUT2D eigenvalue weighted by atomic mass is 16.5. The quantitative estimate of drug-likeness (QED) is 0.577. The van der Waals surface area contributed by atoms with Crippen LogP contribution < -0.4 is 5.32 Å². The summed E-state index contributed by atoms with van der Waals surface area (Å²) in [6.45, 7) is 3.20. The standard InChI is InChI=1S/C15H23NO3/c1-4-10-15(14(17)19-3,16-11-12-18-2)13-8-6-5-7-9-13/h5-9,16H,4,10-12H2,1-3H3. The van der Waals surface area contributed by atoms with Gasteiger partial charge in [0.1, 0.15) is 5.54 Å². The molecule has 0 saturated carbocycles. The molecule has 1 atom stereocenters. The van der Waals surface area contributed by atoms with Gasteiger partial charge in [0, 0.05) is 13.7 Å². The summed E-state index contributed by atoms with van der Waals surface area (Å²) in [6, 6.07) is 9.70. The Morgan fingerprint density at radius 3 is 2.47 bits per heavy atom. The molecule has 4 heteroatoms. The summed E-state index contributed by atoms with van der Waals surface area (Å²) in [4.78, 5) is 12.3. The largest absolute Gasteiger partial charge is 0.467 e. The van der Waals surface area contributed by atoms with E-state index in [4.69, 9.17) is 9.47 Å². The van der Waals surface area contributed by atoms with Crippen molar-refractivity contribution in [3.8, 4) is 0 Å². The predicted octanol–water partition coefficient (Wildman–Crippen LogP) is 2.09. The first-order chi connectivity index (χ1) is 9.21. The van der Waals surface area contributed by atoms with Gasteiger partial charge in [-0.05, 0) is 12.0 Å². The van der Waals surface area contributed by atoms with Crippen molar-refractivity contribution in [1.29, 1.82) is 0 Å². The molecule has 0 aromatic heterocycles. The smallest absolute Gasteiger partial charge is 0.330 e. The van der Waals surface area contributed by atoms with E-state index in [0.29, 0.717) is 19.6 Å². The number of carbonyl (C=O) groups excluding carboxylic acids is 1. The van der Waals surface area contributed by atoms with E-state index in [2.05, 4.69) is 12.2 Å². The highest BCUT2D eigenvalue weighted by Crippen LogP contribution is 2.28. The zero-order valence-corrected chi connectivity index (χ0v) is 11.9. The van der Waals surface area contributed by atoms with Gasteiger partial charge in [-0.2, -0.15) is 0 Å². The van der Waals surface area contributed by atoms with Crippen LogP contribution in [0.1, 0.15) is 25.3 Å². The van der Waals surface area contributed by atoms with Crippen molar-refractivity contribution in [2.75, 3.05) is 27.4 Å². The van der Waals surface area contributed by atoms with E-state index < -0.39 is 5.54 Å². The van der Waals surface area contributed by atoms with Crippen LogP contribution in [0.2, 0.25) is 0 Å². The molecule has 0 bridgehead atoms. The predicted molar refractivity (Wildman–Crippen MR) is 74.9 cm³/mol. The molecule has 1 N–H and O–H groups in total. The number of esters is 1. The molecule has 0 aliphatic heterocycles. The maximum Gasteiger partial charge on any atom is 0.330 e. The molecule has 0 aliphatic carbocycles. The Labute approximate surface area is 115 Å². The molecular formula is C15H23NO3. The lowest BCUT2D eigenvalue weighted by molar-refractivity contribution is -0.149. The van der Waals surface area contributed by atoms with Crippen molar-refractivity contribution in [2.45, 2.75) is 25.3 Å². The lowest BCUT2D eigenvalue weighted by atomic mass is 9.85. The highest BCUT2D eigenvalue weighted by molar-refractivity contribution is 5.82. The van der Waals surface area contributed by atoms with Crippen molar-refractivity contribution < 1.29 is 14.3 Å². The first-order valence-electron chi connectivity index (χ1n) is 6.59. The van der Waals surface area contributed by atoms with Gasteiger partial charge in [0.05, 0.1) is 13.7 Å². The molecule has 0 radical (unpaired) electrons. The normalized spacial score (nSPS) is 13.8. The van der Waals surface area contributed by atoms with E-state index in [9.17, 15) is 4.79 Å². The van der Waals surface area contributed by atoms with Gasteiger partial charge >= 0.3 is 5.97 Å². The minimum absolute atomic E-state index is 0.253. The second-order valence-electron chi connectivity index (χ2n) is 4.43. The molecular weight excluding hydrogens is 242 g/mol. The summed E-state index contributed by atoms with van der Waals surface area (Å²) in [5, 5.41) is 3.30. The first-order valence-corrected chi connectivity index (χ1v) is 6.59. The second kappa shape index (κ2) is 7.92. The molecule has 0 aliphatic rings. The van der Waals surface area contributed by atoms with Gasteiger partial charge in [0.15, 0.2) is 0 Å². The van der Waals surface area contributed by atoms with Gasteiger partial charge in [-0.15, -0.1) is 0 Å². The van der Waals surface area contributed by atoms with E-state index in [0.717, 1.165) is 12.0 Å². The summed E-state index contributed by atoms with van der Waals surface area (Å²) in [5.41, 5.74) is 0.142. The van der Waals surface area contributed by atoms with Crippen LogP contribution in [-0.2, 0) is 19.8 Å². The third-order valence-corrected chi connectivity index (χ3v) is 3.16. The van der Waals surface area contributed by atoms with Crippen LogP contribution in [0, 0.1) is 0 Å². The number of nitrogens with one attached hydrogen (secondary N) is 1. The van der Waals surface area contributed by atoms with Gasteiger partial charge in [-0.25, -0.2) is 4.79 Å². The van der Waals surface area contributed by atoms with Crippen molar-refractivity contribution in [1.82, 2.24) is 5.32 Å². The molecule has 1 unspecified atom stereocenters. The van der Waals surface area contributed by atoms with Crippen LogP contribution in [0.4, 0.5) is 0 Å². The lowest BCUT2D eigenvalue weighted by Gasteiger charge is -2.32. The number of benzene rings is 1. The molecule has 1 aromatic carbocycles. The van der Waals surface area contributed by atoms with Crippen molar-refractivity contribution in [3.05, 3.63) is 35.9 Å². The molecule has 0 saturated heterocycles. The minimum atomic E-state index is -0.788. The number of hydrogen-bond acceptors (Lipinski definition) is 4. The fourth-order valence-corrected chi connectivity index (χ4v) is 2.27.